The molecule has 0 aromatic heterocycles. The van der Waals surface area contributed by atoms with E-state index in [1.165, 1.54) is 11.1 Å². The van der Waals surface area contributed by atoms with Crippen LogP contribution in [0.15, 0.2) is 24.3 Å². The van der Waals surface area contributed by atoms with Crippen LogP contribution in [0, 0.1) is 0 Å². The Morgan fingerprint density at radius 1 is 1.00 bits per heavy atom. The largest absolute Gasteiger partial charge is 0.411 e. The zero-order valence-electron chi connectivity index (χ0n) is 17.8. The number of aliphatic hydroxyl groups is 1. The van der Waals surface area contributed by atoms with E-state index in [0.717, 1.165) is 13.0 Å². The molecule has 1 aliphatic heterocycles. The van der Waals surface area contributed by atoms with E-state index < -0.39 is 14.4 Å². The molecule has 0 unspecified atom stereocenters. The van der Waals surface area contributed by atoms with Crippen LogP contribution >= 0.6 is 0 Å². The van der Waals surface area contributed by atoms with Crippen LogP contribution in [0.5, 0.6) is 0 Å². The first-order valence-electron chi connectivity index (χ1n) is 10.4. The van der Waals surface area contributed by atoms with Gasteiger partial charge in [0.05, 0.1) is 12.2 Å². The normalized spacial score (nSPS) is 24.7. The zero-order valence-corrected chi connectivity index (χ0v) is 18.8. The summed E-state index contributed by atoms with van der Waals surface area (Å²) in [4.78, 5) is 0. The lowest BCUT2D eigenvalue weighted by Gasteiger charge is -2.48. The lowest BCUT2D eigenvalue weighted by molar-refractivity contribution is 0.0304. The summed E-state index contributed by atoms with van der Waals surface area (Å²) >= 11 is 0. The molecular weight excluding hydrogens is 338 g/mol. The third kappa shape index (κ3) is 4.24. The summed E-state index contributed by atoms with van der Waals surface area (Å²) < 4.78 is 7.07. The Morgan fingerprint density at radius 3 is 2.00 bits per heavy atom. The van der Waals surface area contributed by atoms with E-state index in [4.69, 9.17) is 4.43 Å². The van der Waals surface area contributed by atoms with Gasteiger partial charge in [0.15, 0.2) is 0 Å². The number of aliphatic hydroxyl groups excluding tert-OH is 1. The second kappa shape index (κ2) is 9.00. The third-order valence-electron chi connectivity index (χ3n) is 6.35. The molecule has 1 aliphatic rings. The minimum absolute atomic E-state index is 0.0325. The average Bonchev–Trinajstić information content (AvgIpc) is 2.59. The Hall–Kier alpha value is -0.683. The molecule has 1 aromatic rings. The van der Waals surface area contributed by atoms with E-state index >= 15 is 0 Å². The highest BCUT2D eigenvalue weighted by molar-refractivity contribution is 6.77. The molecule has 0 spiro atoms. The molecule has 3 nitrogen and oxygen atoms in total. The van der Waals surface area contributed by atoms with Gasteiger partial charge < -0.3 is 14.8 Å². The molecular formula is C22H39NO2Si. The molecule has 0 amide bonds. The first-order valence-corrected chi connectivity index (χ1v) is 12.5. The van der Waals surface area contributed by atoms with Crippen molar-refractivity contribution in [3.05, 3.63) is 35.4 Å². The molecule has 0 saturated carbocycles. The molecule has 2 N–H and O–H groups in total. The molecule has 1 saturated heterocycles. The van der Waals surface area contributed by atoms with Crippen LogP contribution in [0.25, 0.3) is 0 Å². The number of β-amino-alcohol motifs (C(OH)–C–C–N with tert-alkyl or cyclic N) is 1. The Kier molecular flexibility index (Phi) is 7.49. The average molecular weight is 378 g/mol. The zero-order chi connectivity index (χ0) is 19.5. The second-order valence-corrected chi connectivity index (χ2v) is 14.2. The number of piperidine rings is 1. The minimum Gasteiger partial charge on any atom is -0.411 e. The Labute approximate surface area is 161 Å². The summed E-state index contributed by atoms with van der Waals surface area (Å²) in [5.41, 5.74) is 4.18. The summed E-state index contributed by atoms with van der Waals surface area (Å²) in [7, 11) is -1.99. The van der Waals surface area contributed by atoms with Gasteiger partial charge in [-0.1, -0.05) is 72.7 Å². The molecule has 4 heteroatoms. The van der Waals surface area contributed by atoms with Crippen molar-refractivity contribution in [1.82, 2.24) is 5.32 Å². The summed E-state index contributed by atoms with van der Waals surface area (Å²) in [6.45, 7) is 17.6. The number of benzene rings is 1. The summed E-state index contributed by atoms with van der Waals surface area (Å²) in [6, 6.07) is 8.77. The number of hydrogen-bond acceptors (Lipinski definition) is 3. The van der Waals surface area contributed by atoms with Gasteiger partial charge in [-0.3, -0.25) is 0 Å². The highest BCUT2D eigenvalue weighted by Crippen LogP contribution is 2.45. The maximum absolute atomic E-state index is 10.8. The summed E-state index contributed by atoms with van der Waals surface area (Å²) in [5, 5.41) is 14.2. The van der Waals surface area contributed by atoms with Crippen molar-refractivity contribution in [2.45, 2.75) is 89.6 Å². The van der Waals surface area contributed by atoms with Crippen molar-refractivity contribution in [1.29, 1.82) is 0 Å². The van der Waals surface area contributed by atoms with Crippen molar-refractivity contribution in [2.75, 3.05) is 13.1 Å². The maximum Gasteiger partial charge on any atom is 0.200 e. The molecule has 0 radical (unpaired) electrons. The lowest BCUT2D eigenvalue weighted by Crippen LogP contribution is -2.57. The van der Waals surface area contributed by atoms with Gasteiger partial charge in [-0.05, 0) is 34.2 Å². The van der Waals surface area contributed by atoms with Crippen LogP contribution < -0.4 is 5.32 Å². The number of nitrogens with one attached hydrogen (secondary N) is 1. The van der Waals surface area contributed by atoms with E-state index in [0.29, 0.717) is 23.2 Å². The standard InChI is InChI=1S/C22H39NO2Si/c1-8-18-9-11-19(12-10-18)22-20(24)13-23-14-21(22)25-26(15(2)3,16(4)5)17(6)7/h9-12,15-17,20-24H,8,13-14H2,1-7H3/t20-,21+,22+/m0/s1. The van der Waals surface area contributed by atoms with E-state index in [1.807, 2.05) is 0 Å². The smallest absolute Gasteiger partial charge is 0.200 e. The SMILES string of the molecule is CCc1ccc([C@@H]2[C@@H](O)CNC[C@H]2O[Si](C(C)C)(C(C)C)C(C)C)cc1. The number of hydrogen-bond donors (Lipinski definition) is 2. The van der Waals surface area contributed by atoms with Gasteiger partial charge in [-0.25, -0.2) is 0 Å². The fourth-order valence-electron chi connectivity index (χ4n) is 5.07. The van der Waals surface area contributed by atoms with Gasteiger partial charge >= 0.3 is 0 Å². The van der Waals surface area contributed by atoms with Gasteiger partial charge in [-0.15, -0.1) is 0 Å². The highest BCUT2D eigenvalue weighted by atomic mass is 28.4. The Morgan fingerprint density at radius 2 is 1.54 bits per heavy atom. The predicted octanol–water partition coefficient (Wildman–Crippen LogP) is 4.86. The van der Waals surface area contributed by atoms with Crippen LogP contribution in [-0.4, -0.2) is 38.7 Å². The maximum atomic E-state index is 10.8. The van der Waals surface area contributed by atoms with Crippen LogP contribution in [0.1, 0.15) is 65.5 Å². The first-order chi connectivity index (χ1) is 12.2. The number of rotatable bonds is 7. The lowest BCUT2D eigenvalue weighted by atomic mass is 9.85. The van der Waals surface area contributed by atoms with Crippen LogP contribution in [0.3, 0.4) is 0 Å². The van der Waals surface area contributed by atoms with Gasteiger partial charge in [0, 0.05) is 19.0 Å². The molecule has 1 aromatic carbocycles. The van der Waals surface area contributed by atoms with Crippen molar-refractivity contribution in [2.24, 2.45) is 0 Å². The van der Waals surface area contributed by atoms with Gasteiger partial charge in [-0.2, -0.15) is 0 Å². The van der Waals surface area contributed by atoms with Crippen molar-refractivity contribution < 1.29 is 9.53 Å². The number of aryl methyl sites for hydroxylation is 1. The molecule has 3 atom stereocenters. The van der Waals surface area contributed by atoms with Crippen molar-refractivity contribution >= 4 is 8.32 Å². The van der Waals surface area contributed by atoms with Gasteiger partial charge in [0.2, 0.25) is 8.32 Å². The molecule has 2 rings (SSSR count). The molecule has 1 heterocycles. The topological polar surface area (TPSA) is 41.5 Å². The van der Waals surface area contributed by atoms with Gasteiger partial charge in [0.1, 0.15) is 0 Å². The third-order valence-corrected chi connectivity index (χ3v) is 12.5. The molecule has 148 valence electrons. The Bertz CT molecular complexity index is 534. The van der Waals surface area contributed by atoms with Crippen LogP contribution in [0.2, 0.25) is 16.6 Å². The van der Waals surface area contributed by atoms with E-state index in [9.17, 15) is 5.11 Å². The minimum atomic E-state index is -1.99. The van der Waals surface area contributed by atoms with Crippen LogP contribution in [0.4, 0.5) is 0 Å². The van der Waals surface area contributed by atoms with Gasteiger partial charge in [0.25, 0.3) is 0 Å². The van der Waals surface area contributed by atoms with E-state index in [-0.39, 0.29) is 12.0 Å². The van der Waals surface area contributed by atoms with Crippen LogP contribution in [-0.2, 0) is 10.8 Å². The highest BCUT2D eigenvalue weighted by Gasteiger charge is 2.49. The molecule has 1 fully saturated rings. The quantitative estimate of drug-likeness (QED) is 0.667. The Balaban J connectivity index is 2.36. The fourth-order valence-corrected chi connectivity index (χ4v) is 10.6. The fraction of sp³-hybridized carbons (Fsp3) is 0.727. The summed E-state index contributed by atoms with van der Waals surface area (Å²) in [6.07, 6.45) is 0.670. The van der Waals surface area contributed by atoms with Crippen molar-refractivity contribution in [3.63, 3.8) is 0 Å². The summed E-state index contributed by atoms with van der Waals surface area (Å²) in [5.74, 6) is 0.0466. The molecule has 0 aliphatic carbocycles. The first kappa shape index (κ1) is 21.6. The van der Waals surface area contributed by atoms with E-state index in [2.05, 4.69) is 78.0 Å². The van der Waals surface area contributed by atoms with Crippen molar-refractivity contribution in [3.8, 4) is 0 Å². The molecule has 26 heavy (non-hydrogen) atoms. The second-order valence-electron chi connectivity index (χ2n) is 8.82. The monoisotopic (exact) mass is 377 g/mol. The molecule has 0 bridgehead atoms. The van der Waals surface area contributed by atoms with E-state index in [1.54, 1.807) is 0 Å². The predicted molar refractivity (Wildman–Crippen MR) is 113 cm³/mol.